The molecule has 1 saturated heterocycles. The Kier molecular flexibility index (Phi) is 6.50. The van der Waals surface area contributed by atoms with E-state index in [1.54, 1.807) is 18.5 Å². The molecule has 174 valence electrons. The number of aromatic amines is 1. The fourth-order valence-electron chi connectivity index (χ4n) is 3.83. The number of hydrogen-bond acceptors (Lipinski definition) is 7. The number of carbonyl (C=O) groups is 2. The molecule has 0 saturated carbocycles. The predicted octanol–water partition coefficient (Wildman–Crippen LogP) is 3.86. The van der Waals surface area contributed by atoms with Gasteiger partial charge in [0, 0.05) is 43.9 Å². The van der Waals surface area contributed by atoms with Crippen LogP contribution in [-0.4, -0.2) is 56.7 Å². The minimum Gasteiger partial charge on any atom is -0.444 e. The zero-order valence-electron chi connectivity index (χ0n) is 18.7. The number of piperidine rings is 1. The van der Waals surface area contributed by atoms with Crippen LogP contribution in [0.2, 0.25) is 0 Å². The van der Waals surface area contributed by atoms with Gasteiger partial charge in [0.25, 0.3) is 5.91 Å². The molecule has 2 amide bonds. The summed E-state index contributed by atoms with van der Waals surface area (Å²) in [6.45, 7) is 6.91. The standard InChI is InChI=1S/C22H26BrN7O3/c1-22(2,3)33-21(32)28-13-6-4-9-30(12-13)17-14(23)10-26-18-16(17)15(11-27-18)29-20(31)19-24-7-5-8-25-19/h5,7-8,10-11,13H,4,6,9,12H2,1-3H3,(H,26,27)(H,28,32)(H,29,31). The molecular formula is C22H26BrN7O3. The third-order valence-corrected chi connectivity index (χ3v) is 5.69. The number of halogens is 1. The third kappa shape index (κ3) is 5.41. The van der Waals surface area contributed by atoms with E-state index in [4.69, 9.17) is 4.74 Å². The number of alkyl carbamates (subject to hydrolysis) is 1. The van der Waals surface area contributed by atoms with Crippen molar-refractivity contribution in [2.45, 2.75) is 45.3 Å². The minimum atomic E-state index is -0.556. The van der Waals surface area contributed by atoms with E-state index in [0.29, 0.717) is 17.9 Å². The molecule has 4 heterocycles. The van der Waals surface area contributed by atoms with Crippen LogP contribution < -0.4 is 15.5 Å². The molecule has 4 rings (SSSR count). The molecule has 0 radical (unpaired) electrons. The number of carbonyl (C=O) groups excluding carboxylic acids is 2. The molecule has 0 aliphatic carbocycles. The highest BCUT2D eigenvalue weighted by atomic mass is 79.9. The van der Waals surface area contributed by atoms with E-state index in [9.17, 15) is 9.59 Å². The summed E-state index contributed by atoms with van der Waals surface area (Å²) in [4.78, 5) is 42.7. The van der Waals surface area contributed by atoms with E-state index in [1.807, 2.05) is 20.8 Å². The lowest BCUT2D eigenvalue weighted by atomic mass is 10.0. The van der Waals surface area contributed by atoms with Crippen LogP contribution in [0.3, 0.4) is 0 Å². The van der Waals surface area contributed by atoms with Gasteiger partial charge in [-0.1, -0.05) is 0 Å². The van der Waals surface area contributed by atoms with Gasteiger partial charge < -0.3 is 25.3 Å². The van der Waals surface area contributed by atoms with Crippen LogP contribution in [0.4, 0.5) is 16.2 Å². The molecule has 33 heavy (non-hydrogen) atoms. The Labute approximate surface area is 199 Å². The van der Waals surface area contributed by atoms with Crippen molar-refractivity contribution in [2.75, 3.05) is 23.3 Å². The summed E-state index contributed by atoms with van der Waals surface area (Å²) < 4.78 is 6.21. The van der Waals surface area contributed by atoms with Crippen molar-refractivity contribution in [1.82, 2.24) is 25.3 Å². The zero-order chi connectivity index (χ0) is 23.6. The summed E-state index contributed by atoms with van der Waals surface area (Å²) in [6, 6.07) is 1.58. The van der Waals surface area contributed by atoms with Gasteiger partial charge in [0.1, 0.15) is 11.2 Å². The highest BCUT2D eigenvalue weighted by molar-refractivity contribution is 9.10. The monoisotopic (exact) mass is 515 g/mol. The van der Waals surface area contributed by atoms with E-state index in [2.05, 4.69) is 51.4 Å². The molecule has 3 N–H and O–H groups in total. The molecule has 3 aromatic heterocycles. The quantitative estimate of drug-likeness (QED) is 0.481. The van der Waals surface area contributed by atoms with Crippen LogP contribution >= 0.6 is 15.9 Å². The number of amides is 2. The first kappa shape index (κ1) is 23.0. The average Bonchev–Trinajstić information content (AvgIpc) is 3.15. The van der Waals surface area contributed by atoms with Gasteiger partial charge >= 0.3 is 6.09 Å². The van der Waals surface area contributed by atoms with E-state index in [1.165, 1.54) is 12.4 Å². The van der Waals surface area contributed by atoms with Crippen molar-refractivity contribution >= 4 is 50.3 Å². The lowest BCUT2D eigenvalue weighted by Gasteiger charge is -2.36. The van der Waals surface area contributed by atoms with E-state index in [-0.39, 0.29) is 11.9 Å². The molecular weight excluding hydrogens is 490 g/mol. The second-order valence-electron chi connectivity index (χ2n) is 8.84. The largest absolute Gasteiger partial charge is 0.444 e. The molecule has 10 nitrogen and oxygen atoms in total. The highest BCUT2D eigenvalue weighted by Crippen LogP contribution is 2.39. The van der Waals surface area contributed by atoms with Crippen molar-refractivity contribution in [1.29, 1.82) is 0 Å². The Bertz CT molecular complexity index is 1160. The van der Waals surface area contributed by atoms with Gasteiger partial charge in [0.05, 0.1) is 21.2 Å². The smallest absolute Gasteiger partial charge is 0.407 e. The fourth-order valence-corrected chi connectivity index (χ4v) is 4.38. The second-order valence-corrected chi connectivity index (χ2v) is 9.69. The maximum atomic E-state index is 12.7. The van der Waals surface area contributed by atoms with Crippen molar-refractivity contribution < 1.29 is 14.3 Å². The topological polar surface area (TPSA) is 125 Å². The molecule has 11 heteroatoms. The number of fused-ring (bicyclic) bond motifs is 1. The molecule has 1 aliphatic rings. The highest BCUT2D eigenvalue weighted by Gasteiger charge is 2.28. The Morgan fingerprint density at radius 1 is 1.24 bits per heavy atom. The Morgan fingerprint density at radius 3 is 2.73 bits per heavy atom. The van der Waals surface area contributed by atoms with Gasteiger partial charge in [0.15, 0.2) is 0 Å². The van der Waals surface area contributed by atoms with Crippen molar-refractivity contribution in [3.05, 3.63) is 41.2 Å². The maximum Gasteiger partial charge on any atom is 0.407 e. The average molecular weight is 516 g/mol. The number of anilines is 2. The molecule has 3 aromatic rings. The van der Waals surface area contributed by atoms with Gasteiger partial charge in [0.2, 0.25) is 5.82 Å². The lowest BCUT2D eigenvalue weighted by molar-refractivity contribution is 0.0500. The first-order valence-electron chi connectivity index (χ1n) is 10.7. The van der Waals surface area contributed by atoms with Crippen molar-refractivity contribution in [2.24, 2.45) is 0 Å². The summed E-state index contributed by atoms with van der Waals surface area (Å²) in [5.41, 5.74) is 1.55. The number of hydrogen-bond donors (Lipinski definition) is 3. The van der Waals surface area contributed by atoms with Gasteiger partial charge in [-0.15, -0.1) is 0 Å². The second kappa shape index (κ2) is 9.34. The summed E-state index contributed by atoms with van der Waals surface area (Å²) in [7, 11) is 0. The zero-order valence-corrected chi connectivity index (χ0v) is 20.3. The van der Waals surface area contributed by atoms with Crippen LogP contribution in [0.15, 0.2) is 35.3 Å². The molecule has 1 unspecified atom stereocenters. The maximum absolute atomic E-state index is 12.7. The summed E-state index contributed by atoms with van der Waals surface area (Å²) in [6.07, 6.45) is 7.79. The SMILES string of the molecule is CC(C)(C)OC(=O)NC1CCCN(c2c(Br)cnc3[nH]cc(NC(=O)c4ncccn4)c23)C1. The van der Waals surface area contributed by atoms with Crippen molar-refractivity contribution in [3.63, 3.8) is 0 Å². The first-order valence-corrected chi connectivity index (χ1v) is 11.5. The molecule has 1 atom stereocenters. The van der Waals surface area contributed by atoms with Gasteiger partial charge in [-0.05, 0) is 55.6 Å². The Balaban J connectivity index is 1.59. The number of nitrogens with zero attached hydrogens (tertiary/aromatic N) is 4. The number of rotatable bonds is 4. The normalized spacial score (nSPS) is 16.5. The Morgan fingerprint density at radius 2 is 2.00 bits per heavy atom. The number of pyridine rings is 1. The predicted molar refractivity (Wildman–Crippen MR) is 128 cm³/mol. The fraction of sp³-hybridized carbons (Fsp3) is 0.409. The van der Waals surface area contributed by atoms with E-state index in [0.717, 1.165) is 34.9 Å². The van der Waals surface area contributed by atoms with Crippen molar-refractivity contribution in [3.8, 4) is 0 Å². The van der Waals surface area contributed by atoms with Crippen LogP contribution in [0, 0.1) is 0 Å². The van der Waals surface area contributed by atoms with Crippen LogP contribution in [0.25, 0.3) is 11.0 Å². The molecule has 1 aliphatic heterocycles. The molecule has 1 fully saturated rings. The molecule has 0 bridgehead atoms. The summed E-state index contributed by atoms with van der Waals surface area (Å²) >= 11 is 3.63. The number of nitrogens with one attached hydrogen (secondary N) is 3. The van der Waals surface area contributed by atoms with Crippen LogP contribution in [0.5, 0.6) is 0 Å². The van der Waals surface area contributed by atoms with E-state index < -0.39 is 17.6 Å². The number of ether oxygens (including phenoxy) is 1. The minimum absolute atomic E-state index is 0.0709. The van der Waals surface area contributed by atoms with Crippen LogP contribution in [-0.2, 0) is 4.74 Å². The van der Waals surface area contributed by atoms with Gasteiger partial charge in [-0.3, -0.25) is 4.79 Å². The van der Waals surface area contributed by atoms with E-state index >= 15 is 0 Å². The first-order chi connectivity index (χ1) is 15.7. The summed E-state index contributed by atoms with van der Waals surface area (Å²) in [5.74, 6) is -0.332. The lowest BCUT2D eigenvalue weighted by Crippen LogP contribution is -2.49. The van der Waals surface area contributed by atoms with Gasteiger partial charge in [-0.2, -0.15) is 0 Å². The van der Waals surface area contributed by atoms with Gasteiger partial charge in [-0.25, -0.2) is 19.7 Å². The third-order valence-electron chi connectivity index (χ3n) is 5.10. The molecule has 0 spiro atoms. The Hall–Kier alpha value is -3.21. The summed E-state index contributed by atoms with van der Waals surface area (Å²) in [5, 5.41) is 6.63. The van der Waals surface area contributed by atoms with Crippen LogP contribution in [0.1, 0.15) is 44.2 Å². The number of H-pyrrole nitrogens is 1. The molecule has 0 aromatic carbocycles. The number of aromatic nitrogens is 4.